The van der Waals surface area contributed by atoms with Crippen LogP contribution in [0.4, 0.5) is 0 Å². The Kier molecular flexibility index (Phi) is 4.70. The maximum absolute atomic E-state index is 5.85. The first-order valence-electron chi connectivity index (χ1n) is 4.84. The standard InChI is InChI=1S/C11H14INO2.ClH/c1-14-10-5-8(12)11(15-2)4-7(10)6-3-9(6)13;/h4-6,9H,3,13H2,1-2H3;1H/t6-,9+;/m0./s1. The highest BCUT2D eigenvalue weighted by atomic mass is 127. The summed E-state index contributed by atoms with van der Waals surface area (Å²) in [6.45, 7) is 0. The van der Waals surface area contributed by atoms with Crippen molar-refractivity contribution in [3.63, 3.8) is 0 Å². The van der Waals surface area contributed by atoms with Crippen molar-refractivity contribution < 1.29 is 9.47 Å². The van der Waals surface area contributed by atoms with E-state index in [2.05, 4.69) is 22.6 Å². The molecule has 1 aliphatic rings. The number of ether oxygens (including phenoxy) is 2. The van der Waals surface area contributed by atoms with Crippen molar-refractivity contribution in [2.24, 2.45) is 5.73 Å². The van der Waals surface area contributed by atoms with E-state index in [4.69, 9.17) is 15.2 Å². The molecule has 1 fully saturated rings. The van der Waals surface area contributed by atoms with Crippen molar-refractivity contribution in [1.29, 1.82) is 0 Å². The van der Waals surface area contributed by atoms with Gasteiger partial charge in [0.15, 0.2) is 0 Å². The molecule has 1 aromatic carbocycles. The second kappa shape index (κ2) is 5.42. The molecule has 0 bridgehead atoms. The summed E-state index contributed by atoms with van der Waals surface area (Å²) in [4.78, 5) is 0. The van der Waals surface area contributed by atoms with Gasteiger partial charge in [0, 0.05) is 17.5 Å². The molecule has 1 aliphatic carbocycles. The van der Waals surface area contributed by atoms with Gasteiger partial charge in [-0.25, -0.2) is 0 Å². The van der Waals surface area contributed by atoms with Crippen LogP contribution in [0, 0.1) is 3.57 Å². The summed E-state index contributed by atoms with van der Waals surface area (Å²) in [6, 6.07) is 4.32. The number of halogens is 2. The van der Waals surface area contributed by atoms with Crippen LogP contribution in [0.15, 0.2) is 12.1 Å². The highest BCUT2D eigenvalue weighted by molar-refractivity contribution is 14.1. The molecule has 0 amide bonds. The molecule has 0 aromatic heterocycles. The lowest BCUT2D eigenvalue weighted by molar-refractivity contribution is 0.396. The summed E-state index contributed by atoms with van der Waals surface area (Å²) in [5.74, 6) is 2.24. The third kappa shape index (κ3) is 2.55. The molecule has 0 heterocycles. The Bertz CT molecular complexity index is 386. The van der Waals surface area contributed by atoms with Crippen LogP contribution in [-0.2, 0) is 0 Å². The van der Waals surface area contributed by atoms with Gasteiger partial charge >= 0.3 is 0 Å². The molecule has 0 saturated heterocycles. The lowest BCUT2D eigenvalue weighted by Crippen LogP contribution is -2.03. The van der Waals surface area contributed by atoms with Gasteiger partial charge in [0.1, 0.15) is 11.5 Å². The van der Waals surface area contributed by atoms with Crippen LogP contribution in [0.3, 0.4) is 0 Å². The van der Waals surface area contributed by atoms with E-state index in [-0.39, 0.29) is 18.4 Å². The molecule has 90 valence electrons. The van der Waals surface area contributed by atoms with Gasteiger partial charge < -0.3 is 15.2 Å². The third-order valence-corrected chi connectivity index (χ3v) is 3.59. The zero-order chi connectivity index (χ0) is 11.0. The van der Waals surface area contributed by atoms with Crippen molar-refractivity contribution in [2.75, 3.05) is 14.2 Å². The molecule has 1 saturated carbocycles. The summed E-state index contributed by atoms with van der Waals surface area (Å²) in [6.07, 6.45) is 1.04. The number of rotatable bonds is 3. The van der Waals surface area contributed by atoms with E-state index in [0.717, 1.165) is 21.5 Å². The molecule has 2 rings (SSSR count). The van der Waals surface area contributed by atoms with Gasteiger partial charge in [0.05, 0.1) is 17.8 Å². The molecule has 2 atom stereocenters. The highest BCUT2D eigenvalue weighted by Crippen LogP contribution is 2.45. The minimum absolute atomic E-state index is 0. The number of benzene rings is 1. The Labute approximate surface area is 115 Å². The Hall–Kier alpha value is -0.200. The van der Waals surface area contributed by atoms with Crippen molar-refractivity contribution in [1.82, 2.24) is 0 Å². The van der Waals surface area contributed by atoms with Gasteiger partial charge in [0.2, 0.25) is 0 Å². The van der Waals surface area contributed by atoms with Crippen molar-refractivity contribution in [2.45, 2.75) is 18.4 Å². The van der Waals surface area contributed by atoms with E-state index in [1.54, 1.807) is 14.2 Å². The maximum atomic E-state index is 5.85. The molecular weight excluding hydrogens is 340 g/mol. The fourth-order valence-corrected chi connectivity index (χ4v) is 2.40. The predicted molar refractivity (Wildman–Crippen MR) is 74.8 cm³/mol. The number of nitrogens with two attached hydrogens (primary N) is 1. The second-order valence-electron chi connectivity index (χ2n) is 3.73. The van der Waals surface area contributed by atoms with E-state index in [1.165, 1.54) is 5.56 Å². The minimum atomic E-state index is 0. The fraction of sp³-hybridized carbons (Fsp3) is 0.455. The minimum Gasteiger partial charge on any atom is -0.496 e. The van der Waals surface area contributed by atoms with Gasteiger partial charge in [-0.2, -0.15) is 0 Å². The van der Waals surface area contributed by atoms with E-state index >= 15 is 0 Å². The van der Waals surface area contributed by atoms with E-state index < -0.39 is 0 Å². The Balaban J connectivity index is 0.00000128. The van der Waals surface area contributed by atoms with Crippen molar-refractivity contribution >= 4 is 35.0 Å². The summed E-state index contributed by atoms with van der Waals surface area (Å²) in [5.41, 5.74) is 7.02. The molecular formula is C11H15ClINO2. The second-order valence-corrected chi connectivity index (χ2v) is 4.90. The molecule has 5 heteroatoms. The van der Waals surface area contributed by atoms with Crippen LogP contribution in [0.1, 0.15) is 17.9 Å². The van der Waals surface area contributed by atoms with Gasteiger partial charge in [0.25, 0.3) is 0 Å². The lowest BCUT2D eigenvalue weighted by Gasteiger charge is -2.11. The average molecular weight is 356 g/mol. The Morgan fingerprint density at radius 1 is 1.25 bits per heavy atom. The fourth-order valence-electron chi connectivity index (χ4n) is 1.75. The maximum Gasteiger partial charge on any atom is 0.132 e. The highest BCUT2D eigenvalue weighted by Gasteiger charge is 2.37. The van der Waals surface area contributed by atoms with Crippen LogP contribution in [0.2, 0.25) is 0 Å². The topological polar surface area (TPSA) is 44.5 Å². The van der Waals surface area contributed by atoms with Crippen LogP contribution < -0.4 is 15.2 Å². The quantitative estimate of drug-likeness (QED) is 0.848. The van der Waals surface area contributed by atoms with Crippen molar-refractivity contribution in [3.8, 4) is 11.5 Å². The number of hydrogen-bond donors (Lipinski definition) is 1. The molecule has 2 N–H and O–H groups in total. The first kappa shape index (κ1) is 13.9. The largest absolute Gasteiger partial charge is 0.496 e. The first-order valence-corrected chi connectivity index (χ1v) is 5.92. The normalized spacial score (nSPS) is 22.2. The summed E-state index contributed by atoms with van der Waals surface area (Å²) >= 11 is 2.24. The van der Waals surface area contributed by atoms with E-state index in [0.29, 0.717) is 5.92 Å². The lowest BCUT2D eigenvalue weighted by atomic mass is 10.1. The van der Waals surface area contributed by atoms with Crippen LogP contribution in [0.5, 0.6) is 11.5 Å². The first-order chi connectivity index (χ1) is 7.17. The van der Waals surface area contributed by atoms with E-state index in [9.17, 15) is 0 Å². The zero-order valence-electron chi connectivity index (χ0n) is 9.20. The van der Waals surface area contributed by atoms with Crippen LogP contribution in [0.25, 0.3) is 0 Å². The Morgan fingerprint density at radius 3 is 2.25 bits per heavy atom. The SMILES string of the molecule is COc1cc([C@@H]2C[C@H]2N)c(OC)cc1I.Cl. The Morgan fingerprint density at radius 2 is 1.81 bits per heavy atom. The molecule has 3 nitrogen and oxygen atoms in total. The molecule has 0 radical (unpaired) electrons. The van der Waals surface area contributed by atoms with Gasteiger partial charge in [-0.1, -0.05) is 0 Å². The summed E-state index contributed by atoms with van der Waals surface area (Å²) in [7, 11) is 3.37. The average Bonchev–Trinajstić information content (AvgIpc) is 2.95. The zero-order valence-corrected chi connectivity index (χ0v) is 12.2. The predicted octanol–water partition coefficient (Wildman–Crippen LogP) is 2.54. The number of methoxy groups -OCH3 is 2. The van der Waals surface area contributed by atoms with Crippen LogP contribution in [-0.4, -0.2) is 20.3 Å². The van der Waals surface area contributed by atoms with Gasteiger partial charge in [-0.05, 0) is 41.1 Å². The molecule has 0 spiro atoms. The van der Waals surface area contributed by atoms with Gasteiger partial charge in [-0.15, -0.1) is 12.4 Å². The smallest absolute Gasteiger partial charge is 0.132 e. The van der Waals surface area contributed by atoms with Crippen LogP contribution >= 0.6 is 35.0 Å². The van der Waals surface area contributed by atoms with E-state index in [1.807, 2.05) is 12.1 Å². The number of hydrogen-bond acceptors (Lipinski definition) is 3. The molecule has 1 aromatic rings. The van der Waals surface area contributed by atoms with Crippen molar-refractivity contribution in [3.05, 3.63) is 21.3 Å². The monoisotopic (exact) mass is 355 g/mol. The molecule has 0 aliphatic heterocycles. The van der Waals surface area contributed by atoms with Gasteiger partial charge in [-0.3, -0.25) is 0 Å². The third-order valence-electron chi connectivity index (χ3n) is 2.74. The molecule has 0 unspecified atom stereocenters. The summed E-state index contributed by atoms with van der Waals surface area (Å²) < 4.78 is 11.7. The molecule has 16 heavy (non-hydrogen) atoms. The summed E-state index contributed by atoms with van der Waals surface area (Å²) in [5, 5.41) is 0.